The van der Waals surface area contributed by atoms with E-state index >= 15 is 0 Å². The van der Waals surface area contributed by atoms with Crippen LogP contribution in [0.2, 0.25) is 5.02 Å². The minimum absolute atomic E-state index is 0.0815. The number of hydrogen-bond acceptors (Lipinski definition) is 2. The van der Waals surface area contributed by atoms with Gasteiger partial charge in [-0.05, 0) is 35.4 Å². The Bertz CT molecular complexity index is 958. The van der Waals surface area contributed by atoms with Crippen LogP contribution < -0.4 is 5.32 Å². The Hall–Kier alpha value is -2.83. The molecule has 3 aromatic rings. The highest BCUT2D eigenvalue weighted by molar-refractivity contribution is 6.30. The minimum atomic E-state index is -5.22. The number of amides is 1. The second-order valence-corrected chi connectivity index (χ2v) is 6.55. The van der Waals surface area contributed by atoms with E-state index in [-0.39, 0.29) is 5.69 Å². The molecule has 2 N–H and O–H groups in total. The van der Waals surface area contributed by atoms with Crippen molar-refractivity contribution in [2.45, 2.75) is 11.8 Å². The molecule has 0 radical (unpaired) electrons. The molecule has 0 spiro atoms. The largest absolute Gasteiger partial charge is 0.430 e. The van der Waals surface area contributed by atoms with Gasteiger partial charge in [-0.15, -0.1) is 0 Å². The molecule has 28 heavy (non-hydrogen) atoms. The molecule has 144 valence electrons. The summed E-state index contributed by atoms with van der Waals surface area (Å²) in [6.45, 7) is 0. The smallest absolute Gasteiger partial charge is 0.368 e. The second kappa shape index (κ2) is 7.66. The number of benzene rings is 3. The van der Waals surface area contributed by atoms with Crippen molar-refractivity contribution < 1.29 is 23.1 Å². The molecule has 3 nitrogen and oxygen atoms in total. The molecule has 0 aromatic heterocycles. The van der Waals surface area contributed by atoms with Crippen LogP contribution in [0.1, 0.15) is 5.56 Å². The Morgan fingerprint density at radius 3 is 1.89 bits per heavy atom. The molecule has 7 heteroatoms. The van der Waals surface area contributed by atoms with Crippen LogP contribution in [0.4, 0.5) is 18.9 Å². The van der Waals surface area contributed by atoms with E-state index in [0.29, 0.717) is 10.6 Å². The fraction of sp³-hybridized carbons (Fsp3) is 0.0952. The lowest BCUT2D eigenvalue weighted by Gasteiger charge is -2.29. The number of aliphatic hydroxyl groups is 1. The topological polar surface area (TPSA) is 49.3 Å². The van der Waals surface area contributed by atoms with E-state index < -0.39 is 23.2 Å². The van der Waals surface area contributed by atoms with E-state index in [1.165, 1.54) is 36.4 Å². The van der Waals surface area contributed by atoms with Crippen LogP contribution in [0.5, 0.6) is 0 Å². The molecule has 0 fully saturated rings. The fourth-order valence-electron chi connectivity index (χ4n) is 2.71. The summed E-state index contributed by atoms with van der Waals surface area (Å²) in [6.07, 6.45) is -5.22. The molecule has 3 aromatic carbocycles. The lowest BCUT2D eigenvalue weighted by Crippen LogP contribution is -2.52. The van der Waals surface area contributed by atoms with Crippen LogP contribution in [0.15, 0.2) is 78.9 Å². The minimum Gasteiger partial charge on any atom is -0.368 e. The molecule has 0 heterocycles. The summed E-state index contributed by atoms with van der Waals surface area (Å²) in [4.78, 5) is 12.4. The van der Waals surface area contributed by atoms with Gasteiger partial charge in [-0.1, -0.05) is 66.2 Å². The first-order valence-corrected chi connectivity index (χ1v) is 8.62. The lowest BCUT2D eigenvalue weighted by atomic mass is 9.90. The van der Waals surface area contributed by atoms with Gasteiger partial charge in [-0.2, -0.15) is 13.2 Å². The zero-order chi connectivity index (χ0) is 20.4. The Kier molecular flexibility index (Phi) is 5.45. The summed E-state index contributed by atoms with van der Waals surface area (Å²) in [5.41, 5.74) is -2.74. The molecule has 0 saturated carbocycles. The molecule has 3 rings (SSSR count). The number of carbonyl (C=O) groups excluding carboxylic acids is 1. The van der Waals surface area contributed by atoms with Crippen LogP contribution in [0, 0.1) is 0 Å². The SMILES string of the molecule is O=C(Nc1ccc(Cl)cc1)C(O)(c1ccc(-c2ccccc2)cc1)C(F)(F)F. The maximum absolute atomic E-state index is 13.7. The Labute approximate surface area is 164 Å². The molecule has 1 unspecified atom stereocenters. The summed E-state index contributed by atoms with van der Waals surface area (Å²) in [7, 11) is 0. The van der Waals surface area contributed by atoms with Crippen LogP contribution in [-0.2, 0) is 10.4 Å². The molecule has 0 aliphatic heterocycles. The molecule has 1 amide bonds. The monoisotopic (exact) mass is 405 g/mol. The van der Waals surface area contributed by atoms with Gasteiger partial charge in [0, 0.05) is 16.3 Å². The molecule has 0 bridgehead atoms. The van der Waals surface area contributed by atoms with Gasteiger partial charge in [0.05, 0.1) is 0 Å². The van der Waals surface area contributed by atoms with Crippen molar-refractivity contribution in [2.75, 3.05) is 5.32 Å². The van der Waals surface area contributed by atoms with E-state index in [1.54, 1.807) is 24.3 Å². The van der Waals surface area contributed by atoms with Crippen molar-refractivity contribution in [1.82, 2.24) is 0 Å². The molecule has 1 atom stereocenters. The van der Waals surface area contributed by atoms with Gasteiger partial charge in [0.15, 0.2) is 0 Å². The quantitative estimate of drug-likeness (QED) is 0.611. The highest BCUT2D eigenvalue weighted by Gasteiger charge is 2.60. The van der Waals surface area contributed by atoms with Crippen molar-refractivity contribution in [2.24, 2.45) is 0 Å². The van der Waals surface area contributed by atoms with Crippen molar-refractivity contribution in [3.05, 3.63) is 89.4 Å². The number of carbonyl (C=O) groups is 1. The van der Waals surface area contributed by atoms with Gasteiger partial charge in [-0.25, -0.2) is 0 Å². The first-order chi connectivity index (χ1) is 13.2. The predicted molar refractivity (Wildman–Crippen MR) is 102 cm³/mol. The first kappa shape index (κ1) is 19.9. The van der Waals surface area contributed by atoms with Crippen LogP contribution in [0.3, 0.4) is 0 Å². The third-order valence-corrected chi connectivity index (χ3v) is 4.50. The molecule has 0 aliphatic carbocycles. The van der Waals surface area contributed by atoms with E-state index in [2.05, 4.69) is 5.32 Å². The summed E-state index contributed by atoms with van der Waals surface area (Å²) in [5.74, 6) is -1.60. The van der Waals surface area contributed by atoms with Crippen molar-refractivity contribution in [3.8, 4) is 11.1 Å². The van der Waals surface area contributed by atoms with E-state index in [9.17, 15) is 23.1 Å². The third kappa shape index (κ3) is 3.88. The van der Waals surface area contributed by atoms with Gasteiger partial charge < -0.3 is 10.4 Å². The van der Waals surface area contributed by atoms with Gasteiger partial charge in [0.2, 0.25) is 0 Å². The second-order valence-electron chi connectivity index (χ2n) is 6.11. The normalized spacial score (nSPS) is 13.6. The maximum Gasteiger partial charge on any atom is 0.430 e. The summed E-state index contributed by atoms with van der Waals surface area (Å²) in [6, 6.07) is 19.6. The number of alkyl halides is 3. The predicted octanol–water partition coefficient (Wildman–Crippen LogP) is 5.40. The number of rotatable bonds is 4. The molecular formula is C21H15ClF3NO2. The van der Waals surface area contributed by atoms with Crippen molar-refractivity contribution in [3.63, 3.8) is 0 Å². The molecular weight excluding hydrogens is 391 g/mol. The zero-order valence-corrected chi connectivity index (χ0v) is 15.1. The van der Waals surface area contributed by atoms with Crippen LogP contribution in [0.25, 0.3) is 11.1 Å². The third-order valence-electron chi connectivity index (χ3n) is 4.25. The van der Waals surface area contributed by atoms with Gasteiger partial charge in [0.25, 0.3) is 11.5 Å². The van der Waals surface area contributed by atoms with Gasteiger partial charge in [-0.3, -0.25) is 4.79 Å². The number of nitrogens with one attached hydrogen (secondary N) is 1. The van der Waals surface area contributed by atoms with Crippen LogP contribution in [-0.4, -0.2) is 17.2 Å². The summed E-state index contributed by atoms with van der Waals surface area (Å²) in [5, 5.41) is 12.9. The standard InChI is InChI=1S/C21H15ClF3NO2/c22-17-10-12-18(13-11-17)26-19(27)20(28,21(23,24)25)16-8-6-15(7-9-16)14-4-2-1-3-5-14/h1-13,28H,(H,26,27). The van der Waals surface area contributed by atoms with Crippen molar-refractivity contribution >= 4 is 23.2 Å². The zero-order valence-electron chi connectivity index (χ0n) is 14.4. The summed E-state index contributed by atoms with van der Waals surface area (Å²) >= 11 is 5.73. The fourth-order valence-corrected chi connectivity index (χ4v) is 2.84. The Morgan fingerprint density at radius 2 is 1.36 bits per heavy atom. The average molecular weight is 406 g/mol. The first-order valence-electron chi connectivity index (χ1n) is 8.24. The maximum atomic E-state index is 13.7. The average Bonchev–Trinajstić information content (AvgIpc) is 2.69. The van der Waals surface area contributed by atoms with E-state index in [1.807, 2.05) is 6.07 Å². The highest BCUT2D eigenvalue weighted by Crippen LogP contribution is 2.40. The summed E-state index contributed by atoms with van der Waals surface area (Å²) < 4.78 is 41.1. The van der Waals surface area contributed by atoms with E-state index in [4.69, 9.17) is 11.6 Å². The number of hydrogen-bond donors (Lipinski definition) is 2. The van der Waals surface area contributed by atoms with Gasteiger partial charge in [0.1, 0.15) is 0 Å². The Morgan fingerprint density at radius 1 is 0.821 bits per heavy atom. The van der Waals surface area contributed by atoms with Crippen LogP contribution >= 0.6 is 11.6 Å². The lowest BCUT2D eigenvalue weighted by molar-refractivity contribution is -0.254. The molecule has 0 saturated heterocycles. The highest BCUT2D eigenvalue weighted by atomic mass is 35.5. The Balaban J connectivity index is 1.95. The van der Waals surface area contributed by atoms with Gasteiger partial charge >= 0.3 is 6.18 Å². The number of anilines is 1. The van der Waals surface area contributed by atoms with E-state index in [0.717, 1.165) is 17.7 Å². The number of halogens is 4. The molecule has 0 aliphatic rings. The van der Waals surface area contributed by atoms with Crippen molar-refractivity contribution in [1.29, 1.82) is 0 Å².